The van der Waals surface area contributed by atoms with E-state index in [0.717, 1.165) is 11.3 Å². The maximum atomic E-state index is 12.4. The number of nitrogens with one attached hydrogen (secondary N) is 1. The standard InChI is InChI=1S/C16H18N4O4/c1-22-8-12-13(15(21)24-3)14(20-16(19-12)17-9-18-20)10-4-6-11(23-2)7-5-10/h4-7,9,14H,8H2,1-3H3,(H,17,18,19). The highest BCUT2D eigenvalue weighted by atomic mass is 16.5. The van der Waals surface area contributed by atoms with Crippen molar-refractivity contribution in [2.45, 2.75) is 6.04 Å². The minimum Gasteiger partial charge on any atom is -0.497 e. The average Bonchev–Trinajstić information content (AvgIpc) is 3.08. The van der Waals surface area contributed by atoms with Crippen molar-refractivity contribution in [2.24, 2.45) is 0 Å². The third-order valence-electron chi connectivity index (χ3n) is 3.80. The highest BCUT2D eigenvalue weighted by Crippen LogP contribution is 2.35. The van der Waals surface area contributed by atoms with Crippen LogP contribution in [-0.4, -0.2) is 48.7 Å². The predicted molar refractivity (Wildman–Crippen MR) is 85.7 cm³/mol. The van der Waals surface area contributed by atoms with Gasteiger partial charge in [-0.05, 0) is 17.7 Å². The number of hydrogen-bond acceptors (Lipinski definition) is 7. The molecule has 1 aliphatic heterocycles. The molecule has 1 aliphatic rings. The van der Waals surface area contributed by atoms with Crippen LogP contribution in [0.4, 0.5) is 5.95 Å². The first-order valence-electron chi connectivity index (χ1n) is 7.30. The van der Waals surface area contributed by atoms with Crippen LogP contribution in [0.2, 0.25) is 0 Å². The van der Waals surface area contributed by atoms with E-state index in [1.165, 1.54) is 13.4 Å². The van der Waals surface area contributed by atoms with Gasteiger partial charge in [0.05, 0.1) is 32.1 Å². The number of methoxy groups -OCH3 is 3. The van der Waals surface area contributed by atoms with Crippen LogP contribution in [-0.2, 0) is 14.3 Å². The zero-order valence-electron chi connectivity index (χ0n) is 13.6. The lowest BCUT2D eigenvalue weighted by atomic mass is 9.95. The van der Waals surface area contributed by atoms with E-state index >= 15 is 0 Å². The fraction of sp³-hybridized carbons (Fsp3) is 0.312. The quantitative estimate of drug-likeness (QED) is 0.829. The predicted octanol–water partition coefficient (Wildman–Crippen LogP) is 1.38. The summed E-state index contributed by atoms with van der Waals surface area (Å²) in [5, 5.41) is 7.33. The zero-order valence-corrected chi connectivity index (χ0v) is 13.6. The fourth-order valence-corrected chi connectivity index (χ4v) is 2.72. The van der Waals surface area contributed by atoms with Crippen molar-refractivity contribution in [2.75, 3.05) is 33.3 Å². The third-order valence-corrected chi connectivity index (χ3v) is 3.80. The number of rotatable bonds is 5. The maximum Gasteiger partial charge on any atom is 0.338 e. The Morgan fingerprint density at radius 1 is 1.25 bits per heavy atom. The average molecular weight is 330 g/mol. The van der Waals surface area contributed by atoms with Gasteiger partial charge in [-0.1, -0.05) is 12.1 Å². The molecule has 0 saturated heterocycles. The van der Waals surface area contributed by atoms with Crippen LogP contribution in [0, 0.1) is 0 Å². The van der Waals surface area contributed by atoms with Crippen molar-refractivity contribution in [3.05, 3.63) is 47.4 Å². The number of anilines is 1. The van der Waals surface area contributed by atoms with E-state index in [2.05, 4.69) is 15.4 Å². The van der Waals surface area contributed by atoms with E-state index in [0.29, 0.717) is 17.2 Å². The minimum absolute atomic E-state index is 0.226. The molecule has 0 bridgehead atoms. The van der Waals surface area contributed by atoms with Gasteiger partial charge >= 0.3 is 5.97 Å². The van der Waals surface area contributed by atoms with Crippen molar-refractivity contribution in [1.82, 2.24) is 14.8 Å². The molecular formula is C16H18N4O4. The highest BCUT2D eigenvalue weighted by molar-refractivity contribution is 5.92. The number of esters is 1. The van der Waals surface area contributed by atoms with Gasteiger partial charge < -0.3 is 19.5 Å². The molecule has 1 N–H and O–H groups in total. The molecule has 1 unspecified atom stereocenters. The molecule has 0 fully saturated rings. The van der Waals surface area contributed by atoms with Crippen molar-refractivity contribution in [1.29, 1.82) is 0 Å². The largest absolute Gasteiger partial charge is 0.497 e. The number of hydrogen-bond donors (Lipinski definition) is 1. The van der Waals surface area contributed by atoms with Gasteiger partial charge in [-0.3, -0.25) is 0 Å². The molecule has 126 valence electrons. The van der Waals surface area contributed by atoms with E-state index in [-0.39, 0.29) is 6.61 Å². The van der Waals surface area contributed by atoms with E-state index in [9.17, 15) is 4.79 Å². The first-order valence-corrected chi connectivity index (χ1v) is 7.30. The second kappa shape index (κ2) is 6.71. The van der Waals surface area contributed by atoms with Gasteiger partial charge in [0.1, 0.15) is 18.1 Å². The summed E-state index contributed by atoms with van der Waals surface area (Å²) in [4.78, 5) is 16.6. The Kier molecular flexibility index (Phi) is 4.48. The summed E-state index contributed by atoms with van der Waals surface area (Å²) in [5.74, 6) is 0.819. The number of carbonyl (C=O) groups is 1. The molecular weight excluding hydrogens is 312 g/mol. The Bertz CT molecular complexity index is 767. The van der Waals surface area contributed by atoms with Gasteiger partial charge in [-0.15, -0.1) is 0 Å². The van der Waals surface area contributed by atoms with Crippen molar-refractivity contribution >= 4 is 11.9 Å². The molecule has 1 aromatic heterocycles. The van der Waals surface area contributed by atoms with Crippen LogP contribution >= 0.6 is 0 Å². The van der Waals surface area contributed by atoms with Gasteiger partial charge in [0.25, 0.3) is 0 Å². The zero-order chi connectivity index (χ0) is 17.1. The minimum atomic E-state index is -0.466. The van der Waals surface area contributed by atoms with Crippen LogP contribution in [0.3, 0.4) is 0 Å². The lowest BCUT2D eigenvalue weighted by Crippen LogP contribution is -2.31. The first-order chi connectivity index (χ1) is 11.7. The number of fused-ring (bicyclic) bond motifs is 1. The summed E-state index contributed by atoms with van der Waals surface area (Å²) in [6.07, 6.45) is 1.43. The number of ether oxygens (including phenoxy) is 3. The van der Waals surface area contributed by atoms with Crippen LogP contribution in [0.15, 0.2) is 41.9 Å². The summed E-state index contributed by atoms with van der Waals surface area (Å²) in [7, 11) is 4.51. The highest BCUT2D eigenvalue weighted by Gasteiger charge is 2.35. The summed E-state index contributed by atoms with van der Waals surface area (Å²) >= 11 is 0. The molecule has 0 amide bonds. The topological polar surface area (TPSA) is 87.5 Å². The second-order valence-corrected chi connectivity index (χ2v) is 5.15. The monoisotopic (exact) mass is 330 g/mol. The maximum absolute atomic E-state index is 12.4. The molecule has 0 spiro atoms. The van der Waals surface area contributed by atoms with Gasteiger partial charge in [-0.2, -0.15) is 10.1 Å². The van der Waals surface area contributed by atoms with E-state index < -0.39 is 12.0 Å². The number of nitrogens with zero attached hydrogens (tertiary/aromatic N) is 3. The fourth-order valence-electron chi connectivity index (χ4n) is 2.72. The Balaban J connectivity index is 2.15. The first kappa shape index (κ1) is 16.0. The Hall–Kier alpha value is -2.87. The number of carbonyl (C=O) groups excluding carboxylic acids is 1. The molecule has 2 heterocycles. The molecule has 3 rings (SSSR count). The van der Waals surface area contributed by atoms with Crippen LogP contribution in [0.25, 0.3) is 0 Å². The molecule has 1 atom stereocenters. The third kappa shape index (κ3) is 2.71. The van der Waals surface area contributed by atoms with E-state index in [1.54, 1.807) is 18.9 Å². The van der Waals surface area contributed by atoms with Gasteiger partial charge in [0, 0.05) is 7.11 Å². The molecule has 8 nitrogen and oxygen atoms in total. The molecule has 8 heteroatoms. The van der Waals surface area contributed by atoms with Gasteiger partial charge in [0.15, 0.2) is 0 Å². The second-order valence-electron chi connectivity index (χ2n) is 5.15. The molecule has 0 saturated carbocycles. The summed E-state index contributed by atoms with van der Waals surface area (Å²) in [6, 6.07) is 6.96. The van der Waals surface area contributed by atoms with Gasteiger partial charge in [0.2, 0.25) is 5.95 Å². The lowest BCUT2D eigenvalue weighted by Gasteiger charge is -2.29. The summed E-state index contributed by atoms with van der Waals surface area (Å²) < 4.78 is 17.0. The molecule has 24 heavy (non-hydrogen) atoms. The number of aromatic nitrogens is 3. The normalized spacial score (nSPS) is 16.4. The summed E-state index contributed by atoms with van der Waals surface area (Å²) in [5.41, 5.74) is 1.89. The Labute approximate surface area is 139 Å². The van der Waals surface area contributed by atoms with Crippen LogP contribution < -0.4 is 10.1 Å². The van der Waals surface area contributed by atoms with E-state index in [4.69, 9.17) is 14.2 Å². The molecule has 1 aromatic carbocycles. The summed E-state index contributed by atoms with van der Waals surface area (Å²) in [6.45, 7) is 0.226. The Morgan fingerprint density at radius 2 is 2.00 bits per heavy atom. The molecule has 2 aromatic rings. The Morgan fingerprint density at radius 3 is 2.62 bits per heavy atom. The van der Waals surface area contributed by atoms with Crippen molar-refractivity contribution in [3.63, 3.8) is 0 Å². The lowest BCUT2D eigenvalue weighted by molar-refractivity contribution is -0.136. The number of benzene rings is 1. The van der Waals surface area contributed by atoms with E-state index in [1.807, 2.05) is 24.3 Å². The SMILES string of the molecule is COCC1=C(C(=O)OC)C(c2ccc(OC)cc2)n2ncnc2N1. The molecule has 0 radical (unpaired) electrons. The van der Waals surface area contributed by atoms with Crippen LogP contribution in [0.5, 0.6) is 5.75 Å². The van der Waals surface area contributed by atoms with Crippen molar-refractivity contribution in [3.8, 4) is 5.75 Å². The van der Waals surface area contributed by atoms with Crippen LogP contribution in [0.1, 0.15) is 11.6 Å². The smallest absolute Gasteiger partial charge is 0.338 e. The molecule has 0 aliphatic carbocycles. The van der Waals surface area contributed by atoms with Gasteiger partial charge in [-0.25, -0.2) is 9.48 Å². The van der Waals surface area contributed by atoms with Crippen molar-refractivity contribution < 1.29 is 19.0 Å².